The van der Waals surface area contributed by atoms with Crippen LogP contribution >= 0.6 is 0 Å². The van der Waals surface area contributed by atoms with Crippen LogP contribution in [0.4, 0.5) is 0 Å². The van der Waals surface area contributed by atoms with E-state index in [2.05, 4.69) is 4.99 Å². The van der Waals surface area contributed by atoms with Gasteiger partial charge in [-0.2, -0.15) is 0 Å². The van der Waals surface area contributed by atoms with Crippen molar-refractivity contribution in [3.63, 3.8) is 0 Å². The molecule has 0 aromatic carbocycles. The van der Waals surface area contributed by atoms with Crippen LogP contribution in [0.1, 0.15) is 11.5 Å². The molecule has 0 aliphatic carbocycles. The van der Waals surface area contributed by atoms with Crippen molar-refractivity contribution >= 4 is 24.0 Å². The molecule has 94 valence electrons. The van der Waals surface area contributed by atoms with E-state index in [0.717, 1.165) is 0 Å². The summed E-state index contributed by atoms with van der Waals surface area (Å²) in [4.78, 5) is 15.6. The first-order chi connectivity index (χ1) is 9.31. The van der Waals surface area contributed by atoms with Gasteiger partial charge in [-0.1, -0.05) is 0 Å². The van der Waals surface area contributed by atoms with Crippen LogP contribution in [-0.4, -0.2) is 11.9 Å². The van der Waals surface area contributed by atoms with Crippen molar-refractivity contribution in [3.8, 4) is 0 Å². The Hall–Kier alpha value is -2.82. The van der Waals surface area contributed by atoms with Crippen LogP contribution in [0.15, 0.2) is 62.4 Å². The summed E-state index contributed by atoms with van der Waals surface area (Å²) in [6.07, 6.45) is 7.84. The molecule has 3 rings (SSSR count). The summed E-state index contributed by atoms with van der Waals surface area (Å²) in [6.45, 7) is 0. The first-order valence-electron chi connectivity index (χ1n) is 5.59. The lowest BCUT2D eigenvalue weighted by molar-refractivity contribution is -0.129. The Morgan fingerprint density at radius 3 is 2.42 bits per heavy atom. The molecule has 0 fully saturated rings. The van der Waals surface area contributed by atoms with Gasteiger partial charge >= 0.3 is 5.97 Å². The molecule has 0 radical (unpaired) electrons. The van der Waals surface area contributed by atoms with Crippen molar-refractivity contribution in [2.24, 2.45) is 4.99 Å². The standard InChI is InChI=1S/C14H9NO4/c16-14-12(9-11-4-2-8-18-11)15-13(19-14)6-5-10-3-1-7-17-10/h1-9H. The third-order valence-electron chi connectivity index (χ3n) is 2.39. The number of hydrogen-bond acceptors (Lipinski definition) is 5. The van der Waals surface area contributed by atoms with E-state index in [1.165, 1.54) is 12.3 Å². The van der Waals surface area contributed by atoms with E-state index in [9.17, 15) is 4.79 Å². The monoisotopic (exact) mass is 255 g/mol. The van der Waals surface area contributed by atoms with Gasteiger partial charge in [0, 0.05) is 12.2 Å². The maximum absolute atomic E-state index is 11.6. The molecule has 0 spiro atoms. The third kappa shape index (κ3) is 2.55. The Balaban J connectivity index is 1.80. The second kappa shape index (κ2) is 4.81. The second-order valence-electron chi connectivity index (χ2n) is 3.73. The third-order valence-corrected chi connectivity index (χ3v) is 2.39. The maximum Gasteiger partial charge on any atom is 0.363 e. The van der Waals surface area contributed by atoms with Crippen LogP contribution in [0, 0.1) is 0 Å². The first kappa shape index (κ1) is 11.3. The van der Waals surface area contributed by atoms with Gasteiger partial charge in [-0.05, 0) is 30.3 Å². The Labute approximate surface area is 108 Å². The van der Waals surface area contributed by atoms with E-state index in [0.29, 0.717) is 11.5 Å². The number of ether oxygens (including phenoxy) is 1. The van der Waals surface area contributed by atoms with Gasteiger partial charge in [0.25, 0.3) is 0 Å². The summed E-state index contributed by atoms with van der Waals surface area (Å²) in [6, 6.07) is 7.01. The maximum atomic E-state index is 11.6. The SMILES string of the molecule is O=C1OC(C=Cc2ccco2)=NC1=Cc1ccco1. The smallest absolute Gasteiger partial charge is 0.363 e. The Morgan fingerprint density at radius 1 is 1.00 bits per heavy atom. The quantitative estimate of drug-likeness (QED) is 0.624. The van der Waals surface area contributed by atoms with Crippen molar-refractivity contribution in [3.05, 3.63) is 60.1 Å². The average molecular weight is 255 g/mol. The van der Waals surface area contributed by atoms with Gasteiger partial charge in [0.15, 0.2) is 5.70 Å². The highest BCUT2D eigenvalue weighted by atomic mass is 16.6. The molecule has 0 amide bonds. The van der Waals surface area contributed by atoms with E-state index < -0.39 is 5.97 Å². The molecular formula is C14H9NO4. The second-order valence-corrected chi connectivity index (χ2v) is 3.73. The number of nitrogens with zero attached hydrogens (tertiary/aromatic N) is 1. The van der Waals surface area contributed by atoms with Gasteiger partial charge in [-0.15, -0.1) is 0 Å². The van der Waals surface area contributed by atoms with Gasteiger partial charge in [-0.3, -0.25) is 0 Å². The topological polar surface area (TPSA) is 64.9 Å². The van der Waals surface area contributed by atoms with E-state index in [-0.39, 0.29) is 11.6 Å². The first-order valence-corrected chi connectivity index (χ1v) is 5.59. The summed E-state index contributed by atoms with van der Waals surface area (Å²) in [5.41, 5.74) is 0.203. The van der Waals surface area contributed by atoms with Crippen LogP contribution in [0.5, 0.6) is 0 Å². The van der Waals surface area contributed by atoms with Crippen molar-refractivity contribution in [2.45, 2.75) is 0 Å². The number of rotatable bonds is 3. The van der Waals surface area contributed by atoms with Crippen molar-refractivity contribution in [1.29, 1.82) is 0 Å². The molecule has 19 heavy (non-hydrogen) atoms. The highest BCUT2D eigenvalue weighted by Crippen LogP contribution is 2.16. The highest BCUT2D eigenvalue weighted by Gasteiger charge is 2.21. The number of hydrogen-bond donors (Lipinski definition) is 0. The van der Waals surface area contributed by atoms with Crippen molar-refractivity contribution in [2.75, 3.05) is 0 Å². The molecule has 0 saturated carbocycles. The van der Waals surface area contributed by atoms with Gasteiger partial charge in [0.05, 0.1) is 12.5 Å². The van der Waals surface area contributed by atoms with Crippen LogP contribution < -0.4 is 0 Å². The summed E-state index contributed by atoms with van der Waals surface area (Å²) in [5, 5.41) is 0. The molecule has 5 nitrogen and oxygen atoms in total. The predicted molar refractivity (Wildman–Crippen MR) is 68.0 cm³/mol. The zero-order chi connectivity index (χ0) is 13.1. The molecule has 1 aliphatic rings. The average Bonchev–Trinajstić information content (AvgIpc) is 3.11. The fourth-order valence-electron chi connectivity index (χ4n) is 1.54. The van der Waals surface area contributed by atoms with Crippen LogP contribution in [-0.2, 0) is 9.53 Å². The number of aliphatic imine (C=N–C) groups is 1. The Kier molecular flexibility index (Phi) is 2.86. The summed E-state index contributed by atoms with van der Waals surface area (Å²) in [7, 11) is 0. The zero-order valence-corrected chi connectivity index (χ0v) is 9.78. The van der Waals surface area contributed by atoms with Gasteiger partial charge in [-0.25, -0.2) is 9.79 Å². The van der Waals surface area contributed by atoms with Gasteiger partial charge < -0.3 is 13.6 Å². The van der Waals surface area contributed by atoms with Crippen molar-refractivity contribution in [1.82, 2.24) is 0 Å². The lowest BCUT2D eigenvalue weighted by Gasteiger charge is -1.89. The minimum atomic E-state index is -0.504. The molecule has 0 bridgehead atoms. The zero-order valence-electron chi connectivity index (χ0n) is 9.78. The molecule has 0 saturated heterocycles. The fourth-order valence-corrected chi connectivity index (χ4v) is 1.54. The largest absolute Gasteiger partial charge is 0.465 e. The number of esters is 1. The Morgan fingerprint density at radius 2 is 1.74 bits per heavy atom. The molecule has 5 heteroatoms. The molecule has 0 unspecified atom stereocenters. The van der Waals surface area contributed by atoms with Crippen LogP contribution in [0.25, 0.3) is 12.2 Å². The van der Waals surface area contributed by atoms with E-state index in [4.69, 9.17) is 13.6 Å². The van der Waals surface area contributed by atoms with Gasteiger partial charge in [0.2, 0.25) is 5.90 Å². The number of carbonyl (C=O) groups is 1. The fraction of sp³-hybridized carbons (Fsp3) is 0. The molecular weight excluding hydrogens is 246 g/mol. The number of furan rings is 2. The highest BCUT2D eigenvalue weighted by molar-refractivity contribution is 6.11. The van der Waals surface area contributed by atoms with E-state index in [1.807, 2.05) is 0 Å². The van der Waals surface area contributed by atoms with E-state index >= 15 is 0 Å². The summed E-state index contributed by atoms with van der Waals surface area (Å²) >= 11 is 0. The lowest BCUT2D eigenvalue weighted by atomic mass is 10.3. The van der Waals surface area contributed by atoms with Crippen LogP contribution in [0.2, 0.25) is 0 Å². The molecule has 0 N–H and O–H groups in total. The minimum absolute atomic E-state index is 0.203. The van der Waals surface area contributed by atoms with Gasteiger partial charge in [0.1, 0.15) is 11.5 Å². The van der Waals surface area contributed by atoms with Crippen LogP contribution in [0.3, 0.4) is 0 Å². The molecule has 0 atom stereocenters. The summed E-state index contributed by atoms with van der Waals surface area (Å²) < 4.78 is 15.2. The Bertz CT molecular complexity index is 660. The minimum Gasteiger partial charge on any atom is -0.465 e. The number of carbonyl (C=O) groups excluding carboxylic acids is 1. The predicted octanol–water partition coefficient (Wildman–Crippen LogP) is 2.88. The molecule has 3 heterocycles. The lowest BCUT2D eigenvalue weighted by Crippen LogP contribution is -2.00. The van der Waals surface area contributed by atoms with E-state index in [1.54, 1.807) is 42.7 Å². The molecule has 1 aliphatic heterocycles. The number of cyclic esters (lactones) is 1. The molecule has 2 aromatic rings. The normalized spacial score (nSPS) is 17.2. The van der Waals surface area contributed by atoms with Crippen molar-refractivity contribution < 1.29 is 18.4 Å². The summed E-state index contributed by atoms with van der Waals surface area (Å²) in [5.74, 6) is 0.920. The molecule has 2 aromatic heterocycles.